The number of methoxy groups -OCH3 is 1. The quantitative estimate of drug-likeness (QED) is 0.572. The van der Waals surface area contributed by atoms with E-state index < -0.39 is 6.04 Å². The summed E-state index contributed by atoms with van der Waals surface area (Å²) >= 11 is 0. The summed E-state index contributed by atoms with van der Waals surface area (Å²) in [6.07, 6.45) is 5.24. The molecule has 0 radical (unpaired) electrons. The molecule has 0 saturated heterocycles. The first kappa shape index (κ1) is 12.2. The van der Waals surface area contributed by atoms with Crippen LogP contribution in [0.2, 0.25) is 0 Å². The molecule has 0 aromatic carbocycles. The van der Waals surface area contributed by atoms with Crippen LogP contribution in [0.3, 0.4) is 0 Å². The van der Waals surface area contributed by atoms with Crippen molar-refractivity contribution in [2.75, 3.05) is 7.11 Å². The van der Waals surface area contributed by atoms with Gasteiger partial charge in [0.2, 0.25) is 0 Å². The van der Waals surface area contributed by atoms with E-state index in [1.807, 2.05) is 0 Å². The molecular formula is C12H21NO2. The molecule has 15 heavy (non-hydrogen) atoms. The van der Waals surface area contributed by atoms with Gasteiger partial charge in [0.05, 0.1) is 7.11 Å². The Morgan fingerprint density at radius 3 is 2.93 bits per heavy atom. The van der Waals surface area contributed by atoms with Gasteiger partial charge in [0.25, 0.3) is 0 Å². The summed E-state index contributed by atoms with van der Waals surface area (Å²) in [5.41, 5.74) is 7.17. The van der Waals surface area contributed by atoms with Crippen LogP contribution in [0.15, 0.2) is 11.6 Å². The first-order chi connectivity index (χ1) is 7.02. The van der Waals surface area contributed by atoms with E-state index in [0.29, 0.717) is 11.8 Å². The van der Waals surface area contributed by atoms with Gasteiger partial charge in [-0.05, 0) is 38.0 Å². The van der Waals surface area contributed by atoms with Crippen LogP contribution in [0.4, 0.5) is 0 Å². The van der Waals surface area contributed by atoms with Crippen molar-refractivity contribution >= 4 is 5.97 Å². The van der Waals surface area contributed by atoms with E-state index in [0.717, 1.165) is 19.3 Å². The third-order valence-electron chi connectivity index (χ3n) is 2.98. The predicted molar refractivity (Wildman–Crippen MR) is 60.3 cm³/mol. The number of nitrogens with two attached hydrogens (primary N) is 1. The van der Waals surface area contributed by atoms with Gasteiger partial charge in [0, 0.05) is 0 Å². The maximum absolute atomic E-state index is 11.2. The zero-order valence-corrected chi connectivity index (χ0v) is 9.82. The van der Waals surface area contributed by atoms with Crippen molar-refractivity contribution in [3.8, 4) is 0 Å². The Labute approximate surface area is 91.7 Å². The molecule has 0 bridgehead atoms. The highest BCUT2D eigenvalue weighted by Gasteiger charge is 2.23. The van der Waals surface area contributed by atoms with Crippen LogP contribution < -0.4 is 5.73 Å². The number of rotatable bonds is 3. The van der Waals surface area contributed by atoms with Gasteiger partial charge in [-0.1, -0.05) is 18.6 Å². The zero-order chi connectivity index (χ0) is 11.4. The van der Waals surface area contributed by atoms with Gasteiger partial charge in [0.1, 0.15) is 6.04 Å². The maximum Gasteiger partial charge on any atom is 0.322 e. The Hall–Kier alpha value is -0.830. The van der Waals surface area contributed by atoms with E-state index in [1.165, 1.54) is 12.7 Å². The second-order valence-electron chi connectivity index (χ2n) is 4.66. The van der Waals surface area contributed by atoms with Crippen molar-refractivity contribution in [1.29, 1.82) is 0 Å². The lowest BCUT2D eigenvalue weighted by molar-refractivity contribution is -0.142. The minimum absolute atomic E-state index is 0.296. The molecule has 0 heterocycles. The number of hydrogen-bond donors (Lipinski definition) is 1. The number of carbonyl (C=O) groups is 1. The molecule has 0 saturated carbocycles. The Kier molecular flexibility index (Phi) is 4.33. The number of allylic oxidation sites excluding steroid dienone is 2. The molecule has 86 valence electrons. The molecule has 3 nitrogen and oxygen atoms in total. The second kappa shape index (κ2) is 5.31. The summed E-state index contributed by atoms with van der Waals surface area (Å²) in [7, 11) is 1.39. The minimum atomic E-state index is -0.460. The largest absolute Gasteiger partial charge is 0.468 e. The van der Waals surface area contributed by atoms with Gasteiger partial charge in [-0.2, -0.15) is 0 Å². The zero-order valence-electron chi connectivity index (χ0n) is 9.82. The fraction of sp³-hybridized carbons (Fsp3) is 0.750. The van der Waals surface area contributed by atoms with Gasteiger partial charge >= 0.3 is 5.97 Å². The first-order valence-electron chi connectivity index (χ1n) is 5.53. The lowest BCUT2D eigenvalue weighted by Gasteiger charge is -2.26. The molecule has 0 aliphatic heterocycles. The molecule has 0 amide bonds. The van der Waals surface area contributed by atoms with Crippen molar-refractivity contribution in [3.63, 3.8) is 0 Å². The molecule has 3 heteroatoms. The highest BCUT2D eigenvalue weighted by molar-refractivity contribution is 5.75. The Bertz CT molecular complexity index is 260. The molecular weight excluding hydrogens is 190 g/mol. The molecule has 3 atom stereocenters. The van der Waals surface area contributed by atoms with Crippen LogP contribution in [-0.2, 0) is 9.53 Å². The Balaban J connectivity index is 2.46. The summed E-state index contributed by atoms with van der Waals surface area (Å²) < 4.78 is 4.63. The monoisotopic (exact) mass is 211 g/mol. The van der Waals surface area contributed by atoms with Gasteiger partial charge in [-0.25, -0.2) is 0 Å². The first-order valence-corrected chi connectivity index (χ1v) is 5.53. The van der Waals surface area contributed by atoms with Crippen molar-refractivity contribution in [3.05, 3.63) is 11.6 Å². The lowest BCUT2D eigenvalue weighted by Crippen LogP contribution is -2.34. The number of esters is 1. The van der Waals surface area contributed by atoms with E-state index in [1.54, 1.807) is 0 Å². The van der Waals surface area contributed by atoms with Gasteiger partial charge < -0.3 is 10.5 Å². The maximum atomic E-state index is 11.2. The highest BCUT2D eigenvalue weighted by Crippen LogP contribution is 2.30. The molecule has 1 aliphatic carbocycles. The fourth-order valence-electron chi connectivity index (χ4n) is 2.47. The lowest BCUT2D eigenvalue weighted by atomic mass is 9.80. The Morgan fingerprint density at radius 2 is 2.40 bits per heavy atom. The second-order valence-corrected chi connectivity index (χ2v) is 4.66. The third kappa shape index (κ3) is 3.67. The van der Waals surface area contributed by atoms with Gasteiger partial charge in [-0.3, -0.25) is 4.79 Å². The summed E-state index contributed by atoms with van der Waals surface area (Å²) in [5.74, 6) is 0.836. The average Bonchev–Trinajstić information content (AvgIpc) is 2.14. The Morgan fingerprint density at radius 1 is 1.73 bits per heavy atom. The van der Waals surface area contributed by atoms with E-state index in [9.17, 15) is 4.79 Å². The van der Waals surface area contributed by atoms with E-state index in [-0.39, 0.29) is 5.97 Å². The molecule has 0 aromatic rings. The van der Waals surface area contributed by atoms with Crippen molar-refractivity contribution in [2.45, 2.75) is 39.2 Å². The molecule has 1 rings (SSSR count). The van der Waals surface area contributed by atoms with E-state index >= 15 is 0 Å². The van der Waals surface area contributed by atoms with E-state index in [4.69, 9.17) is 5.73 Å². The summed E-state index contributed by atoms with van der Waals surface area (Å²) in [6.45, 7) is 4.35. The average molecular weight is 211 g/mol. The molecule has 0 fully saturated rings. The van der Waals surface area contributed by atoms with Crippen LogP contribution in [0.5, 0.6) is 0 Å². The molecule has 0 aromatic heterocycles. The standard InChI is InChI=1S/C12H21NO2/c1-8-4-9(2)6-10(5-8)7-11(13)12(14)15-3/h4,8,10-11H,5-7,13H2,1-3H3. The molecule has 3 unspecified atom stereocenters. The van der Waals surface area contributed by atoms with Crippen LogP contribution >= 0.6 is 0 Å². The van der Waals surface area contributed by atoms with Crippen molar-refractivity contribution in [2.24, 2.45) is 17.6 Å². The van der Waals surface area contributed by atoms with Gasteiger partial charge in [-0.15, -0.1) is 0 Å². The molecule has 1 aliphatic rings. The van der Waals surface area contributed by atoms with E-state index in [2.05, 4.69) is 24.7 Å². The number of carbonyl (C=O) groups excluding carboxylic acids is 1. The summed E-state index contributed by atoms with van der Waals surface area (Å²) in [4.78, 5) is 11.2. The van der Waals surface area contributed by atoms with Crippen LogP contribution in [0.1, 0.15) is 33.1 Å². The predicted octanol–water partition coefficient (Wildman–Crippen LogP) is 1.87. The summed E-state index contributed by atoms with van der Waals surface area (Å²) in [6, 6.07) is -0.460. The molecule has 2 N–H and O–H groups in total. The van der Waals surface area contributed by atoms with Crippen LogP contribution in [-0.4, -0.2) is 19.1 Å². The van der Waals surface area contributed by atoms with Gasteiger partial charge in [0.15, 0.2) is 0 Å². The smallest absolute Gasteiger partial charge is 0.322 e. The SMILES string of the molecule is COC(=O)C(N)CC1CC(C)=CC(C)C1. The van der Waals surface area contributed by atoms with Crippen LogP contribution in [0.25, 0.3) is 0 Å². The third-order valence-corrected chi connectivity index (χ3v) is 2.98. The van der Waals surface area contributed by atoms with Crippen LogP contribution in [0, 0.1) is 11.8 Å². The molecule has 0 spiro atoms. The fourth-order valence-corrected chi connectivity index (χ4v) is 2.47. The number of hydrogen-bond acceptors (Lipinski definition) is 3. The summed E-state index contributed by atoms with van der Waals surface area (Å²) in [5, 5.41) is 0. The van der Waals surface area contributed by atoms with Crippen molar-refractivity contribution in [1.82, 2.24) is 0 Å². The number of ether oxygens (including phenoxy) is 1. The topological polar surface area (TPSA) is 52.3 Å². The highest BCUT2D eigenvalue weighted by atomic mass is 16.5. The normalized spacial score (nSPS) is 28.1. The minimum Gasteiger partial charge on any atom is -0.468 e. The van der Waals surface area contributed by atoms with Crippen molar-refractivity contribution < 1.29 is 9.53 Å².